The average molecular weight is 342 g/mol. The molecule has 1 heterocycles. The SMILES string of the molecule is Cc1cc2cc(COc3ccccc3CC(=O)OF)c(C)c(C)c2o1. The number of hydrogen-bond acceptors (Lipinski definition) is 4. The summed E-state index contributed by atoms with van der Waals surface area (Å²) >= 11 is 0. The van der Waals surface area contributed by atoms with Crippen molar-refractivity contribution in [2.45, 2.75) is 33.8 Å². The molecule has 3 rings (SSSR count). The Bertz CT molecular complexity index is 927. The number of aryl methyl sites for hydroxylation is 2. The number of para-hydroxylation sites is 1. The fraction of sp³-hybridized carbons (Fsp3) is 0.250. The lowest BCUT2D eigenvalue weighted by Gasteiger charge is -2.13. The number of hydrogen-bond donors (Lipinski definition) is 0. The summed E-state index contributed by atoms with van der Waals surface area (Å²) in [7, 11) is 0. The Morgan fingerprint density at radius 3 is 2.60 bits per heavy atom. The smallest absolute Gasteiger partial charge is 0.353 e. The minimum Gasteiger partial charge on any atom is -0.489 e. The lowest BCUT2D eigenvalue weighted by Crippen LogP contribution is -2.06. The third-order valence-corrected chi connectivity index (χ3v) is 4.38. The number of carbonyl (C=O) groups is 1. The molecule has 25 heavy (non-hydrogen) atoms. The van der Waals surface area contributed by atoms with Crippen molar-refractivity contribution in [2.24, 2.45) is 0 Å². The van der Waals surface area contributed by atoms with E-state index < -0.39 is 5.97 Å². The number of furan rings is 1. The Hall–Kier alpha value is -2.82. The standard InChI is InChI=1S/C20H19FO4/c1-12-8-16-9-17(13(2)14(3)20(16)24-12)11-23-18-7-5-4-6-15(18)10-19(22)25-21/h4-9H,10-11H2,1-3H3. The minimum atomic E-state index is -0.946. The third-order valence-electron chi connectivity index (χ3n) is 4.38. The first-order chi connectivity index (χ1) is 12.0. The predicted molar refractivity (Wildman–Crippen MR) is 92.1 cm³/mol. The summed E-state index contributed by atoms with van der Waals surface area (Å²) in [5, 5.41) is 1.04. The maximum atomic E-state index is 12.0. The van der Waals surface area contributed by atoms with Crippen LogP contribution in [-0.2, 0) is 22.8 Å². The lowest BCUT2D eigenvalue weighted by atomic mass is 10.0. The van der Waals surface area contributed by atoms with Gasteiger partial charge in [0.25, 0.3) is 0 Å². The van der Waals surface area contributed by atoms with Crippen molar-refractivity contribution < 1.29 is 23.4 Å². The molecule has 4 nitrogen and oxygen atoms in total. The fourth-order valence-electron chi connectivity index (χ4n) is 2.92. The quantitative estimate of drug-likeness (QED) is 0.661. The van der Waals surface area contributed by atoms with Crippen molar-refractivity contribution in [1.82, 2.24) is 0 Å². The molecule has 0 aliphatic carbocycles. The zero-order valence-corrected chi connectivity index (χ0v) is 14.4. The molecule has 0 aliphatic heterocycles. The van der Waals surface area contributed by atoms with E-state index in [4.69, 9.17) is 9.15 Å². The van der Waals surface area contributed by atoms with Crippen molar-refractivity contribution >= 4 is 16.9 Å². The Balaban J connectivity index is 1.86. The largest absolute Gasteiger partial charge is 0.489 e. The number of halogens is 1. The number of ether oxygens (including phenoxy) is 1. The summed E-state index contributed by atoms with van der Waals surface area (Å²) in [5.41, 5.74) is 4.69. The number of carbonyl (C=O) groups excluding carboxylic acids is 1. The molecule has 0 unspecified atom stereocenters. The van der Waals surface area contributed by atoms with Crippen LogP contribution in [0.15, 0.2) is 40.8 Å². The highest BCUT2D eigenvalue weighted by Crippen LogP contribution is 2.29. The summed E-state index contributed by atoms with van der Waals surface area (Å²) in [4.78, 5) is 14.4. The second-order valence-corrected chi connectivity index (χ2v) is 6.08. The van der Waals surface area contributed by atoms with Crippen molar-refractivity contribution in [3.8, 4) is 5.75 Å². The summed E-state index contributed by atoms with van der Waals surface area (Å²) < 4.78 is 23.6. The van der Waals surface area contributed by atoms with Crippen LogP contribution in [-0.4, -0.2) is 5.97 Å². The van der Waals surface area contributed by atoms with Gasteiger partial charge in [0.1, 0.15) is 23.7 Å². The van der Waals surface area contributed by atoms with Crippen LogP contribution >= 0.6 is 0 Å². The van der Waals surface area contributed by atoms with Gasteiger partial charge in [-0.3, -0.25) is 4.94 Å². The van der Waals surface area contributed by atoms with Gasteiger partial charge in [-0.15, -0.1) is 0 Å². The fourth-order valence-corrected chi connectivity index (χ4v) is 2.92. The molecule has 0 N–H and O–H groups in total. The predicted octanol–water partition coefficient (Wildman–Crippen LogP) is 4.91. The average Bonchev–Trinajstić information content (AvgIpc) is 2.98. The van der Waals surface area contributed by atoms with E-state index in [0.717, 1.165) is 33.4 Å². The normalized spacial score (nSPS) is 10.9. The van der Waals surface area contributed by atoms with E-state index in [1.165, 1.54) is 0 Å². The van der Waals surface area contributed by atoms with Crippen LogP contribution in [0.1, 0.15) is 28.0 Å². The van der Waals surface area contributed by atoms with Gasteiger partial charge in [0.15, 0.2) is 0 Å². The molecule has 1 aromatic heterocycles. The van der Waals surface area contributed by atoms with Crippen molar-refractivity contribution in [3.63, 3.8) is 0 Å². The van der Waals surface area contributed by atoms with Crippen LogP contribution < -0.4 is 4.74 Å². The van der Waals surface area contributed by atoms with Gasteiger partial charge in [-0.05, 0) is 55.7 Å². The highest BCUT2D eigenvalue weighted by atomic mass is 19.3. The van der Waals surface area contributed by atoms with Crippen LogP contribution in [0.3, 0.4) is 0 Å². The molecule has 0 amide bonds. The molecule has 5 heteroatoms. The maximum absolute atomic E-state index is 12.0. The molecule has 3 aromatic rings. The highest BCUT2D eigenvalue weighted by Gasteiger charge is 2.13. The molecule has 0 spiro atoms. The number of fused-ring (bicyclic) bond motifs is 1. The van der Waals surface area contributed by atoms with Crippen molar-refractivity contribution in [2.75, 3.05) is 0 Å². The Kier molecular flexibility index (Phi) is 4.74. The molecule has 0 saturated heterocycles. The minimum absolute atomic E-state index is 0.176. The summed E-state index contributed by atoms with van der Waals surface area (Å²) in [6.07, 6.45) is -0.176. The second-order valence-electron chi connectivity index (χ2n) is 6.08. The highest BCUT2D eigenvalue weighted by molar-refractivity contribution is 5.83. The Morgan fingerprint density at radius 2 is 1.84 bits per heavy atom. The molecule has 130 valence electrons. The van der Waals surface area contributed by atoms with E-state index in [1.807, 2.05) is 32.9 Å². The first kappa shape index (κ1) is 17.0. The molecular weight excluding hydrogens is 323 g/mol. The lowest BCUT2D eigenvalue weighted by molar-refractivity contribution is -0.182. The van der Waals surface area contributed by atoms with Gasteiger partial charge >= 0.3 is 5.97 Å². The first-order valence-electron chi connectivity index (χ1n) is 8.01. The van der Waals surface area contributed by atoms with Crippen molar-refractivity contribution in [1.29, 1.82) is 0 Å². The first-order valence-corrected chi connectivity index (χ1v) is 8.01. The third kappa shape index (κ3) is 3.50. The summed E-state index contributed by atoms with van der Waals surface area (Å²) in [6.45, 7) is 6.31. The second kappa shape index (κ2) is 6.97. The number of benzene rings is 2. The molecule has 0 aliphatic rings. The van der Waals surface area contributed by atoms with Gasteiger partial charge in [0.05, 0.1) is 6.42 Å². The van der Waals surface area contributed by atoms with Crippen LogP contribution in [0.2, 0.25) is 0 Å². The molecule has 0 atom stereocenters. The monoisotopic (exact) mass is 342 g/mol. The molecule has 2 aromatic carbocycles. The molecular formula is C20H19FO4. The zero-order chi connectivity index (χ0) is 18.0. The van der Waals surface area contributed by atoms with E-state index >= 15 is 0 Å². The van der Waals surface area contributed by atoms with Crippen LogP contribution in [0, 0.1) is 20.8 Å². The summed E-state index contributed by atoms with van der Waals surface area (Å²) in [5.74, 6) is 0.456. The van der Waals surface area contributed by atoms with E-state index in [-0.39, 0.29) is 6.42 Å². The maximum Gasteiger partial charge on any atom is 0.353 e. The zero-order valence-electron chi connectivity index (χ0n) is 14.4. The van der Waals surface area contributed by atoms with Gasteiger partial charge in [-0.1, -0.05) is 18.2 Å². The van der Waals surface area contributed by atoms with E-state index in [9.17, 15) is 9.32 Å². The molecule has 0 radical (unpaired) electrons. The van der Waals surface area contributed by atoms with Gasteiger partial charge < -0.3 is 9.15 Å². The summed E-state index contributed by atoms with van der Waals surface area (Å²) in [6, 6.07) is 11.1. The van der Waals surface area contributed by atoms with Crippen LogP contribution in [0.5, 0.6) is 5.75 Å². The van der Waals surface area contributed by atoms with Gasteiger partial charge in [0, 0.05) is 15.5 Å². The van der Waals surface area contributed by atoms with Gasteiger partial charge in [-0.2, -0.15) is 0 Å². The van der Waals surface area contributed by atoms with E-state index in [2.05, 4.69) is 4.94 Å². The van der Waals surface area contributed by atoms with Gasteiger partial charge in [-0.25, -0.2) is 4.79 Å². The van der Waals surface area contributed by atoms with Gasteiger partial charge in [0.2, 0.25) is 0 Å². The van der Waals surface area contributed by atoms with Crippen LogP contribution in [0.25, 0.3) is 11.0 Å². The Morgan fingerprint density at radius 1 is 1.08 bits per heavy atom. The Labute approximate surface area is 145 Å². The number of rotatable bonds is 5. The van der Waals surface area contributed by atoms with Crippen LogP contribution in [0.4, 0.5) is 4.53 Å². The van der Waals surface area contributed by atoms with E-state index in [1.54, 1.807) is 24.3 Å². The topological polar surface area (TPSA) is 48.7 Å². The van der Waals surface area contributed by atoms with Crippen molar-refractivity contribution in [3.05, 3.63) is 64.4 Å². The van der Waals surface area contributed by atoms with E-state index in [0.29, 0.717) is 17.9 Å². The molecule has 0 saturated carbocycles. The molecule has 0 fully saturated rings. The molecule has 0 bridgehead atoms.